The fourth-order valence-electron chi connectivity index (χ4n) is 2.58. The van der Waals surface area contributed by atoms with Gasteiger partial charge in [0.25, 0.3) is 0 Å². The predicted octanol–water partition coefficient (Wildman–Crippen LogP) is 4.37. The molecule has 0 unspecified atom stereocenters. The van der Waals surface area contributed by atoms with Crippen LogP contribution >= 0.6 is 0 Å². The highest BCUT2D eigenvalue weighted by molar-refractivity contribution is 5.87. The van der Waals surface area contributed by atoms with Gasteiger partial charge in [0.15, 0.2) is 0 Å². The maximum Gasteiger partial charge on any atom is 0.123 e. The van der Waals surface area contributed by atoms with Gasteiger partial charge in [-0.05, 0) is 46.5 Å². The van der Waals surface area contributed by atoms with E-state index in [0.717, 1.165) is 21.9 Å². The number of aryl methyl sites for hydroxylation is 1. The van der Waals surface area contributed by atoms with Crippen molar-refractivity contribution in [2.45, 2.75) is 13.0 Å². The maximum absolute atomic E-state index is 13.0. The number of hydrogen-bond donors (Lipinski definition) is 1. The third-order valence-electron chi connectivity index (χ3n) is 3.65. The van der Waals surface area contributed by atoms with Crippen molar-refractivity contribution in [1.29, 1.82) is 0 Å². The number of aliphatic hydroxyl groups is 1. The molecule has 1 nitrogen and oxygen atoms in total. The molecule has 0 radical (unpaired) electrons. The predicted molar refractivity (Wildman–Crippen MR) is 79.1 cm³/mol. The van der Waals surface area contributed by atoms with Gasteiger partial charge in [0.1, 0.15) is 11.9 Å². The van der Waals surface area contributed by atoms with E-state index in [2.05, 4.69) is 0 Å². The number of halogens is 1. The van der Waals surface area contributed by atoms with Crippen LogP contribution in [-0.4, -0.2) is 5.11 Å². The van der Waals surface area contributed by atoms with Gasteiger partial charge in [-0.1, -0.05) is 48.5 Å². The summed E-state index contributed by atoms with van der Waals surface area (Å²) >= 11 is 0. The molecule has 3 aromatic carbocycles. The second kappa shape index (κ2) is 5.06. The van der Waals surface area contributed by atoms with Gasteiger partial charge in [-0.15, -0.1) is 0 Å². The molecule has 0 amide bonds. The summed E-state index contributed by atoms with van der Waals surface area (Å²) in [5.41, 5.74) is 2.61. The van der Waals surface area contributed by atoms with E-state index in [4.69, 9.17) is 0 Å². The lowest BCUT2D eigenvalue weighted by atomic mass is 9.92. The van der Waals surface area contributed by atoms with E-state index >= 15 is 0 Å². The first kappa shape index (κ1) is 12.8. The summed E-state index contributed by atoms with van der Waals surface area (Å²) in [6, 6.07) is 18.0. The number of aliphatic hydroxyl groups excluding tert-OH is 1. The van der Waals surface area contributed by atoms with Gasteiger partial charge in [-0.3, -0.25) is 0 Å². The number of benzene rings is 3. The summed E-state index contributed by atoms with van der Waals surface area (Å²) in [6.45, 7) is 1.98. The van der Waals surface area contributed by atoms with Gasteiger partial charge in [0.2, 0.25) is 0 Å². The van der Waals surface area contributed by atoms with Crippen LogP contribution in [0.5, 0.6) is 0 Å². The quantitative estimate of drug-likeness (QED) is 0.730. The van der Waals surface area contributed by atoms with Crippen LogP contribution in [-0.2, 0) is 0 Å². The second-order valence-corrected chi connectivity index (χ2v) is 4.97. The number of hydrogen-bond acceptors (Lipinski definition) is 1. The van der Waals surface area contributed by atoms with Crippen LogP contribution in [0.1, 0.15) is 22.8 Å². The minimum atomic E-state index is -0.748. The minimum Gasteiger partial charge on any atom is -0.384 e. The van der Waals surface area contributed by atoms with Gasteiger partial charge < -0.3 is 5.11 Å². The average molecular weight is 266 g/mol. The first-order valence-electron chi connectivity index (χ1n) is 6.58. The van der Waals surface area contributed by atoms with Gasteiger partial charge in [-0.25, -0.2) is 4.39 Å². The summed E-state index contributed by atoms with van der Waals surface area (Å²) in [6.07, 6.45) is -0.748. The Kier molecular flexibility index (Phi) is 3.25. The first-order chi connectivity index (χ1) is 9.66. The Morgan fingerprint density at radius 3 is 2.35 bits per heavy atom. The molecule has 2 heteroatoms. The molecule has 0 fully saturated rings. The SMILES string of the molecule is Cc1ccc2ccccc2c1[C@@H](O)c1ccc(F)cc1. The largest absolute Gasteiger partial charge is 0.384 e. The number of fused-ring (bicyclic) bond motifs is 1. The van der Waals surface area contributed by atoms with Crippen molar-refractivity contribution in [2.24, 2.45) is 0 Å². The average Bonchev–Trinajstić information content (AvgIpc) is 2.47. The highest BCUT2D eigenvalue weighted by Crippen LogP contribution is 2.31. The van der Waals surface area contributed by atoms with Crippen LogP contribution in [0.3, 0.4) is 0 Å². The molecule has 0 bridgehead atoms. The van der Waals surface area contributed by atoms with Crippen LogP contribution in [0.25, 0.3) is 10.8 Å². The van der Waals surface area contributed by atoms with Crippen molar-refractivity contribution in [3.63, 3.8) is 0 Å². The lowest BCUT2D eigenvalue weighted by molar-refractivity contribution is 0.221. The summed E-state index contributed by atoms with van der Waals surface area (Å²) in [4.78, 5) is 0. The lowest BCUT2D eigenvalue weighted by Gasteiger charge is -2.17. The van der Waals surface area contributed by atoms with Crippen molar-refractivity contribution in [3.05, 3.63) is 83.2 Å². The summed E-state index contributed by atoms with van der Waals surface area (Å²) < 4.78 is 13.0. The third-order valence-corrected chi connectivity index (χ3v) is 3.65. The summed E-state index contributed by atoms with van der Waals surface area (Å²) in [7, 11) is 0. The molecule has 0 aliphatic heterocycles. The topological polar surface area (TPSA) is 20.2 Å². The standard InChI is InChI=1S/C18H15FO/c1-12-6-7-13-4-2-3-5-16(13)17(12)18(20)14-8-10-15(19)11-9-14/h2-11,18,20H,1H3/t18-/m0/s1. The fraction of sp³-hybridized carbons (Fsp3) is 0.111. The highest BCUT2D eigenvalue weighted by Gasteiger charge is 2.16. The molecular weight excluding hydrogens is 251 g/mol. The van der Waals surface area contributed by atoms with Gasteiger partial charge in [0.05, 0.1) is 0 Å². The zero-order valence-corrected chi connectivity index (χ0v) is 11.2. The Balaban J connectivity index is 2.18. The second-order valence-electron chi connectivity index (χ2n) is 4.97. The van der Waals surface area contributed by atoms with Gasteiger partial charge >= 0.3 is 0 Å². The van der Waals surface area contributed by atoms with E-state index in [1.165, 1.54) is 12.1 Å². The molecule has 0 aromatic heterocycles. The monoisotopic (exact) mass is 266 g/mol. The molecule has 100 valence electrons. The molecule has 0 saturated carbocycles. The van der Waals surface area contributed by atoms with E-state index in [1.807, 2.05) is 43.3 Å². The number of rotatable bonds is 2. The Morgan fingerprint density at radius 2 is 1.60 bits per heavy atom. The Labute approximate surface area is 117 Å². The molecule has 0 aliphatic carbocycles. The summed E-state index contributed by atoms with van der Waals surface area (Å²) in [5.74, 6) is -0.296. The molecule has 20 heavy (non-hydrogen) atoms. The van der Waals surface area contributed by atoms with Crippen molar-refractivity contribution >= 4 is 10.8 Å². The fourth-order valence-corrected chi connectivity index (χ4v) is 2.58. The van der Waals surface area contributed by atoms with Gasteiger partial charge in [-0.2, -0.15) is 0 Å². The van der Waals surface area contributed by atoms with E-state index < -0.39 is 6.10 Å². The van der Waals surface area contributed by atoms with Gasteiger partial charge in [0, 0.05) is 0 Å². The third kappa shape index (κ3) is 2.19. The van der Waals surface area contributed by atoms with Crippen molar-refractivity contribution in [2.75, 3.05) is 0 Å². The van der Waals surface area contributed by atoms with Crippen LogP contribution in [0.2, 0.25) is 0 Å². The van der Waals surface area contributed by atoms with E-state index in [0.29, 0.717) is 5.56 Å². The lowest BCUT2D eigenvalue weighted by Crippen LogP contribution is -2.03. The van der Waals surface area contributed by atoms with Crippen LogP contribution in [0, 0.1) is 12.7 Å². The molecule has 0 aliphatic rings. The molecule has 3 aromatic rings. The molecule has 1 N–H and O–H groups in total. The highest BCUT2D eigenvalue weighted by atomic mass is 19.1. The molecule has 3 rings (SSSR count). The Bertz CT molecular complexity index is 747. The van der Waals surface area contributed by atoms with Crippen molar-refractivity contribution in [1.82, 2.24) is 0 Å². The van der Waals surface area contributed by atoms with E-state index in [1.54, 1.807) is 12.1 Å². The Hall–Kier alpha value is -2.19. The molecule has 0 heterocycles. The normalized spacial score (nSPS) is 12.6. The zero-order valence-electron chi connectivity index (χ0n) is 11.2. The first-order valence-corrected chi connectivity index (χ1v) is 6.58. The maximum atomic E-state index is 13.0. The Morgan fingerprint density at radius 1 is 0.900 bits per heavy atom. The molecule has 1 atom stereocenters. The van der Waals surface area contributed by atoms with E-state index in [9.17, 15) is 9.50 Å². The zero-order chi connectivity index (χ0) is 14.1. The van der Waals surface area contributed by atoms with Crippen LogP contribution in [0.15, 0.2) is 60.7 Å². The van der Waals surface area contributed by atoms with Crippen LogP contribution < -0.4 is 0 Å². The molecule has 0 saturated heterocycles. The van der Waals surface area contributed by atoms with Crippen molar-refractivity contribution < 1.29 is 9.50 Å². The minimum absolute atomic E-state index is 0.296. The smallest absolute Gasteiger partial charge is 0.123 e. The summed E-state index contributed by atoms with van der Waals surface area (Å²) in [5, 5.41) is 12.8. The van der Waals surface area contributed by atoms with Crippen molar-refractivity contribution in [3.8, 4) is 0 Å². The molecular formula is C18H15FO. The van der Waals surface area contributed by atoms with E-state index in [-0.39, 0.29) is 5.82 Å². The van der Waals surface area contributed by atoms with Crippen LogP contribution in [0.4, 0.5) is 4.39 Å². The molecule has 0 spiro atoms.